The summed E-state index contributed by atoms with van der Waals surface area (Å²) in [6.07, 6.45) is 3.67. The maximum absolute atomic E-state index is 11.9. The minimum absolute atomic E-state index is 0.107. The van der Waals surface area contributed by atoms with Crippen LogP contribution >= 0.6 is 0 Å². The third-order valence-electron chi connectivity index (χ3n) is 4.41. The number of imide groups is 1. The van der Waals surface area contributed by atoms with E-state index in [-0.39, 0.29) is 23.8 Å². The third kappa shape index (κ3) is 1.65. The second-order valence-corrected chi connectivity index (χ2v) is 5.58. The summed E-state index contributed by atoms with van der Waals surface area (Å²) in [6.45, 7) is 6.33. The molecule has 0 bridgehead atoms. The average molecular weight is 255 g/mol. The molecule has 1 aliphatic heterocycles. The molecule has 98 valence electrons. The van der Waals surface area contributed by atoms with E-state index in [1.807, 2.05) is 0 Å². The molecule has 0 spiro atoms. The first-order valence-corrected chi connectivity index (χ1v) is 6.65. The van der Waals surface area contributed by atoms with Crippen molar-refractivity contribution in [1.82, 2.24) is 4.90 Å². The molecule has 3 heteroatoms. The van der Waals surface area contributed by atoms with E-state index < -0.39 is 0 Å². The van der Waals surface area contributed by atoms with Crippen molar-refractivity contribution in [3.8, 4) is 0 Å². The zero-order chi connectivity index (χ0) is 13.7. The Labute approximate surface area is 112 Å². The highest BCUT2D eigenvalue weighted by molar-refractivity contribution is 6.13. The van der Waals surface area contributed by atoms with Crippen LogP contribution in [-0.4, -0.2) is 16.7 Å². The van der Waals surface area contributed by atoms with Crippen LogP contribution in [0.5, 0.6) is 0 Å². The van der Waals surface area contributed by atoms with Gasteiger partial charge in [-0.25, -0.2) is 0 Å². The summed E-state index contributed by atoms with van der Waals surface area (Å²) in [4.78, 5) is 25.2. The maximum atomic E-state index is 11.9. The van der Waals surface area contributed by atoms with Gasteiger partial charge in [-0.05, 0) is 48.4 Å². The van der Waals surface area contributed by atoms with E-state index >= 15 is 0 Å². The third-order valence-corrected chi connectivity index (χ3v) is 4.41. The van der Waals surface area contributed by atoms with Gasteiger partial charge >= 0.3 is 0 Å². The number of carbonyl (C=O) groups excluding carboxylic acids is 2. The molecule has 1 aromatic rings. The van der Waals surface area contributed by atoms with Gasteiger partial charge in [0.1, 0.15) is 0 Å². The number of amides is 2. The molecule has 0 aromatic heterocycles. The van der Waals surface area contributed by atoms with Gasteiger partial charge in [-0.15, -0.1) is 0 Å². The van der Waals surface area contributed by atoms with E-state index in [9.17, 15) is 9.59 Å². The Balaban J connectivity index is 2.09. The van der Waals surface area contributed by atoms with Gasteiger partial charge in [0, 0.05) is 12.2 Å². The number of rotatable bonds is 1. The minimum atomic E-state index is -0.187. The first-order chi connectivity index (χ1) is 9.00. The Hall–Kier alpha value is -1.90. The molecule has 1 heterocycles. The predicted molar refractivity (Wildman–Crippen MR) is 72.5 cm³/mol. The largest absolute Gasteiger partial charge is 0.269 e. The molecule has 0 unspecified atom stereocenters. The number of nitrogens with zero attached hydrogens (tertiary/aromatic N) is 1. The van der Waals surface area contributed by atoms with Crippen LogP contribution in [0.4, 0.5) is 0 Å². The minimum Gasteiger partial charge on any atom is -0.269 e. The lowest BCUT2D eigenvalue weighted by Crippen LogP contribution is -2.35. The second kappa shape index (κ2) is 4.05. The fourth-order valence-corrected chi connectivity index (χ4v) is 3.26. The van der Waals surface area contributed by atoms with Crippen LogP contribution in [0.25, 0.3) is 0 Å². The molecule has 2 aliphatic rings. The molecule has 0 N–H and O–H groups in total. The van der Waals surface area contributed by atoms with E-state index in [4.69, 9.17) is 0 Å². The van der Waals surface area contributed by atoms with Crippen LogP contribution in [0.3, 0.4) is 0 Å². The summed E-state index contributed by atoms with van der Waals surface area (Å²) >= 11 is 0. The molecule has 3 nitrogen and oxygen atoms in total. The van der Waals surface area contributed by atoms with Gasteiger partial charge in [0.25, 0.3) is 11.8 Å². The molecule has 1 aliphatic carbocycles. The van der Waals surface area contributed by atoms with Crippen LogP contribution in [0, 0.1) is 19.8 Å². The first kappa shape index (κ1) is 12.2. The Bertz CT molecular complexity index is 597. The zero-order valence-electron chi connectivity index (χ0n) is 11.4. The van der Waals surface area contributed by atoms with Gasteiger partial charge in [0.05, 0.1) is 6.04 Å². The molecule has 19 heavy (non-hydrogen) atoms. The highest BCUT2D eigenvalue weighted by Gasteiger charge is 2.40. The van der Waals surface area contributed by atoms with Gasteiger partial charge in [0.15, 0.2) is 0 Å². The molecule has 0 fully saturated rings. The lowest BCUT2D eigenvalue weighted by molar-refractivity contribution is -0.140. The predicted octanol–water partition coefficient (Wildman–Crippen LogP) is 2.46. The lowest BCUT2D eigenvalue weighted by Gasteiger charge is -2.26. The number of hydrogen-bond donors (Lipinski definition) is 0. The molecule has 2 amide bonds. The van der Waals surface area contributed by atoms with Gasteiger partial charge in [-0.3, -0.25) is 14.5 Å². The van der Waals surface area contributed by atoms with Crippen molar-refractivity contribution in [1.29, 1.82) is 0 Å². The van der Waals surface area contributed by atoms with E-state index in [1.165, 1.54) is 33.7 Å². The molecule has 0 saturated heterocycles. The fraction of sp³-hybridized carbons (Fsp3) is 0.375. The van der Waals surface area contributed by atoms with Crippen LogP contribution in [0.1, 0.15) is 35.2 Å². The standard InChI is InChI=1S/C16H17NO2/c1-9-4-5-12-13(11(9)3)8-10(2)16(12)17-14(18)6-7-15(17)19/h4-7,10,16H,8H2,1-3H3/t10-,16-/m0/s1. The molecule has 0 radical (unpaired) electrons. The van der Waals surface area contributed by atoms with E-state index in [0.717, 1.165) is 12.0 Å². The zero-order valence-corrected chi connectivity index (χ0v) is 11.4. The number of carbonyl (C=O) groups is 2. The molecule has 3 rings (SSSR count). The van der Waals surface area contributed by atoms with E-state index in [1.54, 1.807) is 0 Å². The van der Waals surface area contributed by atoms with Crippen molar-refractivity contribution in [3.05, 3.63) is 46.5 Å². The van der Waals surface area contributed by atoms with Crippen LogP contribution in [0.15, 0.2) is 24.3 Å². The number of fused-ring (bicyclic) bond motifs is 1. The topological polar surface area (TPSA) is 37.4 Å². The Kier molecular flexibility index (Phi) is 2.59. The average Bonchev–Trinajstić information content (AvgIpc) is 2.85. The summed E-state index contributed by atoms with van der Waals surface area (Å²) in [7, 11) is 0. The van der Waals surface area contributed by atoms with Crippen LogP contribution in [0.2, 0.25) is 0 Å². The smallest absolute Gasteiger partial charge is 0.254 e. The van der Waals surface area contributed by atoms with Gasteiger partial charge in [-0.1, -0.05) is 19.1 Å². The van der Waals surface area contributed by atoms with E-state index in [2.05, 4.69) is 32.9 Å². The highest BCUT2D eigenvalue weighted by Crippen LogP contribution is 2.43. The van der Waals surface area contributed by atoms with Crippen molar-refractivity contribution in [3.63, 3.8) is 0 Å². The summed E-state index contributed by atoms with van der Waals surface area (Å²) in [5.41, 5.74) is 5.01. The summed E-state index contributed by atoms with van der Waals surface area (Å²) in [6, 6.07) is 4.05. The van der Waals surface area contributed by atoms with Gasteiger partial charge in [-0.2, -0.15) is 0 Å². The summed E-state index contributed by atoms with van der Waals surface area (Å²) in [5.74, 6) is -0.0934. The highest BCUT2D eigenvalue weighted by atomic mass is 16.2. The normalized spacial score (nSPS) is 25.3. The van der Waals surface area contributed by atoms with Crippen LogP contribution < -0.4 is 0 Å². The fourth-order valence-electron chi connectivity index (χ4n) is 3.26. The van der Waals surface area contributed by atoms with Crippen molar-refractivity contribution in [2.45, 2.75) is 33.2 Å². The maximum Gasteiger partial charge on any atom is 0.254 e. The summed E-state index contributed by atoms with van der Waals surface area (Å²) < 4.78 is 0. The van der Waals surface area contributed by atoms with Crippen molar-refractivity contribution in [2.24, 2.45) is 5.92 Å². The number of hydrogen-bond acceptors (Lipinski definition) is 2. The Morgan fingerprint density at radius 1 is 1.11 bits per heavy atom. The Morgan fingerprint density at radius 3 is 2.37 bits per heavy atom. The molecule has 0 saturated carbocycles. The van der Waals surface area contributed by atoms with Crippen LogP contribution in [-0.2, 0) is 16.0 Å². The van der Waals surface area contributed by atoms with Crippen molar-refractivity contribution < 1.29 is 9.59 Å². The van der Waals surface area contributed by atoms with Crippen molar-refractivity contribution >= 4 is 11.8 Å². The number of aryl methyl sites for hydroxylation is 1. The van der Waals surface area contributed by atoms with Gasteiger partial charge in [0.2, 0.25) is 0 Å². The number of benzene rings is 1. The van der Waals surface area contributed by atoms with E-state index in [0.29, 0.717) is 0 Å². The molecular formula is C16H17NO2. The monoisotopic (exact) mass is 255 g/mol. The molecular weight excluding hydrogens is 238 g/mol. The molecule has 2 atom stereocenters. The lowest BCUT2D eigenvalue weighted by atomic mass is 9.98. The molecule has 1 aromatic carbocycles. The van der Waals surface area contributed by atoms with Crippen molar-refractivity contribution in [2.75, 3.05) is 0 Å². The Morgan fingerprint density at radius 2 is 1.74 bits per heavy atom. The quantitative estimate of drug-likeness (QED) is 0.723. The SMILES string of the molecule is Cc1ccc2c(c1C)C[C@H](C)[C@@H]2N1C(=O)C=CC1=O. The summed E-state index contributed by atoms with van der Waals surface area (Å²) in [5, 5.41) is 0. The first-order valence-electron chi connectivity index (χ1n) is 6.65. The van der Waals surface area contributed by atoms with Gasteiger partial charge < -0.3 is 0 Å². The second-order valence-electron chi connectivity index (χ2n) is 5.58.